The smallest absolute Gasteiger partial charge is 0.164 e. The molecular weight excluding hydrogens is 240 g/mol. The number of fused-ring (bicyclic) bond motifs is 2. The van der Waals surface area contributed by atoms with E-state index < -0.39 is 0 Å². The molecule has 0 fully saturated rings. The molecular formula is C16H14O3. The summed E-state index contributed by atoms with van der Waals surface area (Å²) in [5.41, 5.74) is 2.02. The Morgan fingerprint density at radius 3 is 2.26 bits per heavy atom. The van der Waals surface area contributed by atoms with E-state index in [1.54, 1.807) is 14.2 Å². The van der Waals surface area contributed by atoms with Gasteiger partial charge in [-0.2, -0.15) is 0 Å². The molecule has 3 heteroatoms. The highest BCUT2D eigenvalue weighted by Crippen LogP contribution is 2.40. The second kappa shape index (κ2) is 4.69. The Balaban J connectivity index is 2.14. The summed E-state index contributed by atoms with van der Waals surface area (Å²) in [5, 5.41) is 0. The van der Waals surface area contributed by atoms with E-state index in [0.717, 1.165) is 22.6 Å². The summed E-state index contributed by atoms with van der Waals surface area (Å²) in [5.74, 6) is 2.96. The maximum Gasteiger partial charge on any atom is 0.164 e. The van der Waals surface area contributed by atoms with Crippen LogP contribution in [-0.2, 0) is 0 Å². The summed E-state index contributed by atoms with van der Waals surface area (Å²) in [6, 6.07) is 11.7. The van der Waals surface area contributed by atoms with Crippen molar-refractivity contribution >= 4 is 12.2 Å². The number of para-hydroxylation sites is 1. The quantitative estimate of drug-likeness (QED) is 0.692. The third-order valence-electron chi connectivity index (χ3n) is 3.10. The fraction of sp³-hybridized carbons (Fsp3) is 0.125. The predicted molar refractivity (Wildman–Crippen MR) is 75.0 cm³/mol. The Labute approximate surface area is 112 Å². The first-order chi connectivity index (χ1) is 9.31. The van der Waals surface area contributed by atoms with Gasteiger partial charge in [-0.1, -0.05) is 30.4 Å². The predicted octanol–water partition coefficient (Wildman–Crippen LogP) is 3.98. The van der Waals surface area contributed by atoms with E-state index in [1.807, 2.05) is 48.6 Å². The number of methoxy groups -OCH3 is 2. The van der Waals surface area contributed by atoms with Crippen molar-refractivity contribution in [2.75, 3.05) is 14.2 Å². The largest absolute Gasteiger partial charge is 0.493 e. The lowest BCUT2D eigenvalue weighted by Gasteiger charge is -2.13. The second-order valence-corrected chi connectivity index (χ2v) is 4.22. The Kier molecular flexibility index (Phi) is 2.88. The van der Waals surface area contributed by atoms with Crippen LogP contribution in [0, 0.1) is 0 Å². The molecule has 0 saturated heterocycles. The molecule has 0 atom stereocenters. The van der Waals surface area contributed by atoms with Gasteiger partial charge < -0.3 is 14.2 Å². The lowest BCUT2D eigenvalue weighted by molar-refractivity contribution is 0.352. The Hall–Kier alpha value is -2.42. The number of benzene rings is 2. The average Bonchev–Trinajstić information content (AvgIpc) is 2.64. The summed E-state index contributed by atoms with van der Waals surface area (Å²) >= 11 is 0. The Morgan fingerprint density at radius 1 is 0.789 bits per heavy atom. The Morgan fingerprint density at radius 2 is 1.47 bits per heavy atom. The Bertz CT molecular complexity index is 644. The van der Waals surface area contributed by atoms with Gasteiger partial charge >= 0.3 is 0 Å². The zero-order valence-electron chi connectivity index (χ0n) is 10.8. The molecule has 0 spiro atoms. The zero-order valence-corrected chi connectivity index (χ0v) is 10.8. The first-order valence-corrected chi connectivity index (χ1v) is 6.03. The molecule has 2 aromatic rings. The van der Waals surface area contributed by atoms with Crippen LogP contribution >= 0.6 is 0 Å². The second-order valence-electron chi connectivity index (χ2n) is 4.22. The van der Waals surface area contributed by atoms with Crippen LogP contribution in [0.25, 0.3) is 12.2 Å². The van der Waals surface area contributed by atoms with Crippen LogP contribution in [0.4, 0.5) is 0 Å². The van der Waals surface area contributed by atoms with Gasteiger partial charge in [0.05, 0.1) is 14.2 Å². The van der Waals surface area contributed by atoms with E-state index in [4.69, 9.17) is 14.2 Å². The molecule has 1 aliphatic rings. The SMILES string of the molecule is COc1cc2c(cc1OC)Oc1ccccc1C=C2. The topological polar surface area (TPSA) is 27.7 Å². The molecule has 19 heavy (non-hydrogen) atoms. The summed E-state index contributed by atoms with van der Waals surface area (Å²) in [7, 11) is 3.24. The number of ether oxygens (including phenoxy) is 3. The fourth-order valence-corrected chi connectivity index (χ4v) is 2.10. The van der Waals surface area contributed by atoms with Gasteiger partial charge in [0.25, 0.3) is 0 Å². The van der Waals surface area contributed by atoms with Crippen LogP contribution in [0.1, 0.15) is 11.1 Å². The number of hydrogen-bond donors (Lipinski definition) is 0. The van der Waals surface area contributed by atoms with Crippen molar-refractivity contribution in [3.63, 3.8) is 0 Å². The lowest BCUT2D eigenvalue weighted by atomic mass is 10.1. The van der Waals surface area contributed by atoms with Gasteiger partial charge in [-0.25, -0.2) is 0 Å². The van der Waals surface area contributed by atoms with Gasteiger partial charge in [0, 0.05) is 17.2 Å². The molecule has 3 nitrogen and oxygen atoms in total. The maximum absolute atomic E-state index is 5.95. The van der Waals surface area contributed by atoms with Crippen LogP contribution in [0.2, 0.25) is 0 Å². The van der Waals surface area contributed by atoms with E-state index >= 15 is 0 Å². The highest BCUT2D eigenvalue weighted by Gasteiger charge is 2.14. The van der Waals surface area contributed by atoms with Gasteiger partial charge in [0.2, 0.25) is 0 Å². The van der Waals surface area contributed by atoms with Crippen molar-refractivity contribution in [2.45, 2.75) is 0 Å². The summed E-state index contributed by atoms with van der Waals surface area (Å²) in [6.07, 6.45) is 4.05. The summed E-state index contributed by atoms with van der Waals surface area (Å²) < 4.78 is 16.6. The van der Waals surface area contributed by atoms with E-state index in [-0.39, 0.29) is 0 Å². The molecule has 0 bridgehead atoms. The third kappa shape index (κ3) is 2.03. The molecule has 1 heterocycles. The number of rotatable bonds is 2. The molecule has 0 saturated carbocycles. The van der Waals surface area contributed by atoms with E-state index in [0.29, 0.717) is 11.5 Å². The van der Waals surface area contributed by atoms with Gasteiger partial charge in [-0.15, -0.1) is 0 Å². The monoisotopic (exact) mass is 254 g/mol. The minimum absolute atomic E-state index is 0.661. The highest BCUT2D eigenvalue weighted by molar-refractivity contribution is 5.79. The molecule has 0 N–H and O–H groups in total. The zero-order chi connectivity index (χ0) is 13.2. The summed E-state index contributed by atoms with van der Waals surface area (Å²) in [4.78, 5) is 0. The van der Waals surface area contributed by atoms with Crippen LogP contribution in [0.5, 0.6) is 23.0 Å². The molecule has 1 aliphatic heterocycles. The van der Waals surface area contributed by atoms with Crippen LogP contribution in [-0.4, -0.2) is 14.2 Å². The first-order valence-electron chi connectivity index (χ1n) is 6.03. The maximum atomic E-state index is 5.95. The average molecular weight is 254 g/mol. The lowest BCUT2D eigenvalue weighted by Crippen LogP contribution is -1.94. The van der Waals surface area contributed by atoms with Crippen molar-refractivity contribution in [3.05, 3.63) is 47.5 Å². The molecule has 0 aromatic heterocycles. The van der Waals surface area contributed by atoms with E-state index in [2.05, 4.69) is 0 Å². The van der Waals surface area contributed by atoms with Crippen molar-refractivity contribution in [3.8, 4) is 23.0 Å². The molecule has 0 amide bonds. The van der Waals surface area contributed by atoms with Crippen LogP contribution < -0.4 is 14.2 Å². The van der Waals surface area contributed by atoms with Crippen molar-refractivity contribution < 1.29 is 14.2 Å². The van der Waals surface area contributed by atoms with Crippen LogP contribution in [0.15, 0.2) is 36.4 Å². The minimum Gasteiger partial charge on any atom is -0.493 e. The van der Waals surface area contributed by atoms with Crippen molar-refractivity contribution in [2.24, 2.45) is 0 Å². The molecule has 0 aliphatic carbocycles. The van der Waals surface area contributed by atoms with Gasteiger partial charge in [-0.3, -0.25) is 0 Å². The third-order valence-corrected chi connectivity index (χ3v) is 3.10. The van der Waals surface area contributed by atoms with Gasteiger partial charge in [0.1, 0.15) is 11.5 Å². The normalized spacial score (nSPS) is 11.9. The van der Waals surface area contributed by atoms with Crippen molar-refractivity contribution in [1.82, 2.24) is 0 Å². The molecule has 96 valence electrons. The molecule has 3 rings (SSSR count). The molecule has 0 radical (unpaired) electrons. The van der Waals surface area contributed by atoms with Gasteiger partial charge in [0.15, 0.2) is 11.5 Å². The fourth-order valence-electron chi connectivity index (χ4n) is 2.10. The molecule has 2 aromatic carbocycles. The van der Waals surface area contributed by atoms with E-state index in [9.17, 15) is 0 Å². The van der Waals surface area contributed by atoms with Gasteiger partial charge in [-0.05, 0) is 12.1 Å². The van der Waals surface area contributed by atoms with Crippen LogP contribution in [0.3, 0.4) is 0 Å². The highest BCUT2D eigenvalue weighted by atomic mass is 16.5. The number of hydrogen-bond acceptors (Lipinski definition) is 3. The standard InChI is InChI=1S/C16H14O3/c1-17-15-9-12-8-7-11-5-3-4-6-13(11)19-14(12)10-16(15)18-2/h3-10H,1-2H3. The minimum atomic E-state index is 0.661. The summed E-state index contributed by atoms with van der Waals surface area (Å²) in [6.45, 7) is 0. The van der Waals surface area contributed by atoms with E-state index in [1.165, 1.54) is 0 Å². The molecule has 0 unspecified atom stereocenters. The first kappa shape index (κ1) is 11.7. The van der Waals surface area contributed by atoms with Crippen molar-refractivity contribution in [1.29, 1.82) is 0 Å².